The van der Waals surface area contributed by atoms with Gasteiger partial charge in [0.1, 0.15) is 0 Å². The van der Waals surface area contributed by atoms with Crippen molar-refractivity contribution in [3.63, 3.8) is 0 Å². The summed E-state index contributed by atoms with van der Waals surface area (Å²) in [6.45, 7) is 1.92. The normalized spacial score (nSPS) is 10.2. The molecule has 0 aromatic heterocycles. The number of anilines is 1. The van der Waals surface area contributed by atoms with Crippen molar-refractivity contribution >= 4 is 27.4 Å². The summed E-state index contributed by atoms with van der Waals surface area (Å²) in [5.41, 5.74) is 8.57. The van der Waals surface area contributed by atoms with Crippen molar-refractivity contribution in [3.05, 3.63) is 63.6 Å². The number of nitrogens with two attached hydrogens (primary N) is 1. The molecule has 0 radical (unpaired) electrons. The Morgan fingerprint density at radius 1 is 1.06 bits per heavy atom. The highest BCUT2D eigenvalue weighted by molar-refractivity contribution is 9.10. The Morgan fingerprint density at radius 3 is 2.41 bits per heavy atom. The number of aryl methyl sites for hydroxylation is 1. The van der Waals surface area contributed by atoms with Crippen molar-refractivity contribution in [1.82, 2.24) is 0 Å². The lowest BCUT2D eigenvalue weighted by Crippen LogP contribution is -2.07. The summed E-state index contributed by atoms with van der Waals surface area (Å²) in [5, 5.41) is 0. The lowest BCUT2D eigenvalue weighted by Gasteiger charge is -2.08. The van der Waals surface area contributed by atoms with E-state index in [9.17, 15) is 4.79 Å². The van der Waals surface area contributed by atoms with Gasteiger partial charge in [0.15, 0.2) is 5.78 Å². The van der Waals surface area contributed by atoms with E-state index in [1.165, 1.54) is 0 Å². The smallest absolute Gasteiger partial charge is 0.195 e. The molecule has 17 heavy (non-hydrogen) atoms. The minimum atomic E-state index is -0.0399. The molecular formula is C14H12BrNO. The van der Waals surface area contributed by atoms with Gasteiger partial charge in [-0.3, -0.25) is 4.79 Å². The molecule has 0 atom stereocenters. The molecule has 0 saturated carbocycles. The zero-order valence-electron chi connectivity index (χ0n) is 9.41. The highest BCUT2D eigenvalue weighted by atomic mass is 79.9. The molecule has 0 fully saturated rings. The molecule has 0 amide bonds. The number of hydrogen-bond acceptors (Lipinski definition) is 2. The molecular weight excluding hydrogens is 278 g/mol. The van der Waals surface area contributed by atoms with E-state index in [0.29, 0.717) is 16.8 Å². The van der Waals surface area contributed by atoms with Gasteiger partial charge in [0.25, 0.3) is 0 Å². The van der Waals surface area contributed by atoms with E-state index >= 15 is 0 Å². The number of nitrogen functional groups attached to an aromatic ring is 1. The standard InChI is InChI=1S/C14H12BrNO/c1-9-5-2-3-6-10(9)14(17)11-7-4-8-12(15)13(11)16/h2-8H,16H2,1H3. The molecule has 0 unspecified atom stereocenters. The lowest BCUT2D eigenvalue weighted by molar-refractivity contribution is 0.103. The number of carbonyl (C=O) groups excluding carboxylic acids is 1. The third kappa shape index (κ3) is 2.24. The minimum Gasteiger partial charge on any atom is -0.397 e. The maximum Gasteiger partial charge on any atom is 0.195 e. The van der Waals surface area contributed by atoms with Crippen molar-refractivity contribution in [2.45, 2.75) is 6.92 Å². The van der Waals surface area contributed by atoms with E-state index in [2.05, 4.69) is 15.9 Å². The molecule has 2 nitrogen and oxygen atoms in total. The molecule has 86 valence electrons. The van der Waals surface area contributed by atoms with E-state index < -0.39 is 0 Å². The van der Waals surface area contributed by atoms with Gasteiger partial charge < -0.3 is 5.73 Å². The van der Waals surface area contributed by atoms with Gasteiger partial charge in [0, 0.05) is 15.6 Å². The minimum absolute atomic E-state index is 0.0399. The maximum absolute atomic E-state index is 12.3. The Morgan fingerprint density at radius 2 is 1.71 bits per heavy atom. The van der Waals surface area contributed by atoms with Crippen LogP contribution in [0.2, 0.25) is 0 Å². The molecule has 2 rings (SSSR count). The number of carbonyl (C=O) groups is 1. The van der Waals surface area contributed by atoms with Gasteiger partial charge in [0.05, 0.1) is 5.69 Å². The lowest BCUT2D eigenvalue weighted by atomic mass is 9.98. The summed E-state index contributed by atoms with van der Waals surface area (Å²) in [6.07, 6.45) is 0. The average Bonchev–Trinajstić information content (AvgIpc) is 2.32. The van der Waals surface area contributed by atoms with Crippen LogP contribution in [0.4, 0.5) is 5.69 Å². The second-order valence-electron chi connectivity index (χ2n) is 3.85. The Hall–Kier alpha value is -1.61. The highest BCUT2D eigenvalue weighted by Gasteiger charge is 2.15. The fourth-order valence-corrected chi connectivity index (χ4v) is 2.07. The Bertz CT molecular complexity index is 578. The number of hydrogen-bond donors (Lipinski definition) is 1. The first-order valence-corrected chi connectivity index (χ1v) is 6.05. The van der Waals surface area contributed by atoms with Crippen LogP contribution in [0.25, 0.3) is 0 Å². The van der Waals surface area contributed by atoms with Crippen LogP contribution in [0.3, 0.4) is 0 Å². The number of rotatable bonds is 2. The second-order valence-corrected chi connectivity index (χ2v) is 4.70. The van der Waals surface area contributed by atoms with Crippen molar-refractivity contribution in [3.8, 4) is 0 Å². The molecule has 3 heteroatoms. The van der Waals surface area contributed by atoms with Gasteiger partial charge in [-0.2, -0.15) is 0 Å². The largest absolute Gasteiger partial charge is 0.397 e. The number of ketones is 1. The summed E-state index contributed by atoms with van der Waals surface area (Å²) in [7, 11) is 0. The predicted molar refractivity (Wildman–Crippen MR) is 73.2 cm³/mol. The van der Waals surface area contributed by atoms with Crippen molar-refractivity contribution < 1.29 is 4.79 Å². The summed E-state index contributed by atoms with van der Waals surface area (Å²) >= 11 is 3.33. The van der Waals surface area contributed by atoms with Gasteiger partial charge >= 0.3 is 0 Å². The fourth-order valence-electron chi connectivity index (χ4n) is 1.71. The molecule has 2 aromatic rings. The van der Waals surface area contributed by atoms with Crippen LogP contribution in [0.5, 0.6) is 0 Å². The third-order valence-electron chi connectivity index (χ3n) is 2.69. The zero-order valence-corrected chi connectivity index (χ0v) is 11.0. The molecule has 2 N–H and O–H groups in total. The van der Waals surface area contributed by atoms with Gasteiger partial charge in [-0.1, -0.05) is 30.3 Å². The van der Waals surface area contributed by atoms with Crippen LogP contribution < -0.4 is 5.73 Å². The molecule has 0 aliphatic heterocycles. The van der Waals surface area contributed by atoms with Gasteiger partial charge in [-0.05, 0) is 40.5 Å². The van der Waals surface area contributed by atoms with Crippen LogP contribution in [0, 0.1) is 6.92 Å². The zero-order chi connectivity index (χ0) is 12.4. The monoisotopic (exact) mass is 289 g/mol. The Balaban J connectivity index is 2.52. The van der Waals surface area contributed by atoms with Gasteiger partial charge in [-0.25, -0.2) is 0 Å². The quantitative estimate of drug-likeness (QED) is 0.678. The average molecular weight is 290 g/mol. The Labute approximate surface area is 109 Å². The van der Waals surface area contributed by atoms with E-state index in [1.807, 2.05) is 43.3 Å². The first kappa shape index (κ1) is 11.9. The summed E-state index contributed by atoms with van der Waals surface area (Å²) in [5.74, 6) is -0.0399. The van der Waals surface area contributed by atoms with Crippen LogP contribution in [-0.2, 0) is 0 Å². The second kappa shape index (κ2) is 4.72. The summed E-state index contributed by atoms with van der Waals surface area (Å²) < 4.78 is 0.747. The number of halogens is 1. The van der Waals surface area contributed by atoms with E-state index in [4.69, 9.17) is 5.73 Å². The van der Waals surface area contributed by atoms with Gasteiger partial charge in [0.2, 0.25) is 0 Å². The first-order valence-electron chi connectivity index (χ1n) is 5.25. The van der Waals surface area contributed by atoms with E-state index in [0.717, 1.165) is 10.0 Å². The molecule has 2 aromatic carbocycles. The van der Waals surface area contributed by atoms with E-state index in [1.54, 1.807) is 6.07 Å². The summed E-state index contributed by atoms with van der Waals surface area (Å²) in [6, 6.07) is 12.9. The Kier molecular flexibility index (Phi) is 3.29. The van der Waals surface area contributed by atoms with Crippen molar-refractivity contribution in [2.75, 3.05) is 5.73 Å². The number of para-hydroxylation sites is 1. The molecule has 0 spiro atoms. The molecule has 0 bridgehead atoms. The molecule has 0 aliphatic rings. The summed E-state index contributed by atoms with van der Waals surface area (Å²) in [4.78, 5) is 12.3. The first-order chi connectivity index (χ1) is 8.11. The van der Waals surface area contributed by atoms with Gasteiger partial charge in [-0.15, -0.1) is 0 Å². The number of benzene rings is 2. The highest BCUT2D eigenvalue weighted by Crippen LogP contribution is 2.25. The third-order valence-corrected chi connectivity index (χ3v) is 3.38. The van der Waals surface area contributed by atoms with Crippen LogP contribution in [-0.4, -0.2) is 5.78 Å². The van der Waals surface area contributed by atoms with E-state index in [-0.39, 0.29) is 5.78 Å². The fraction of sp³-hybridized carbons (Fsp3) is 0.0714. The SMILES string of the molecule is Cc1ccccc1C(=O)c1cccc(Br)c1N. The van der Waals surface area contributed by atoms with Crippen LogP contribution in [0.15, 0.2) is 46.9 Å². The van der Waals surface area contributed by atoms with Crippen LogP contribution >= 0.6 is 15.9 Å². The predicted octanol–water partition coefficient (Wildman–Crippen LogP) is 3.57. The molecule has 0 saturated heterocycles. The van der Waals surface area contributed by atoms with Crippen molar-refractivity contribution in [2.24, 2.45) is 0 Å². The van der Waals surface area contributed by atoms with Crippen LogP contribution in [0.1, 0.15) is 21.5 Å². The topological polar surface area (TPSA) is 43.1 Å². The molecule has 0 heterocycles. The van der Waals surface area contributed by atoms with Crippen molar-refractivity contribution in [1.29, 1.82) is 0 Å². The maximum atomic E-state index is 12.3. The molecule has 0 aliphatic carbocycles.